The van der Waals surface area contributed by atoms with Crippen molar-refractivity contribution in [3.05, 3.63) is 12.4 Å². The largest absolute Gasteiger partial charge is 0.477 e. The van der Waals surface area contributed by atoms with E-state index in [2.05, 4.69) is 22.0 Å². The Morgan fingerprint density at radius 3 is 3.00 bits per heavy atom. The van der Waals surface area contributed by atoms with Crippen molar-refractivity contribution in [2.45, 2.75) is 32.7 Å². The molecule has 2 heterocycles. The van der Waals surface area contributed by atoms with Crippen LogP contribution in [-0.4, -0.2) is 38.1 Å². The van der Waals surface area contributed by atoms with Gasteiger partial charge in [-0.3, -0.25) is 0 Å². The molecule has 2 aromatic rings. The van der Waals surface area contributed by atoms with Gasteiger partial charge in [0.05, 0.1) is 32.2 Å². The van der Waals surface area contributed by atoms with Crippen LogP contribution in [0.3, 0.4) is 0 Å². The summed E-state index contributed by atoms with van der Waals surface area (Å²) in [6.07, 6.45) is 6.59. The molecule has 2 rings (SSSR count). The van der Waals surface area contributed by atoms with Crippen molar-refractivity contribution < 1.29 is 9.84 Å². The van der Waals surface area contributed by atoms with Gasteiger partial charge in [0.25, 0.3) is 0 Å². The number of aliphatic hydroxyl groups is 1. The van der Waals surface area contributed by atoms with Crippen molar-refractivity contribution >= 4 is 11.2 Å². The van der Waals surface area contributed by atoms with E-state index in [-0.39, 0.29) is 6.61 Å². The van der Waals surface area contributed by atoms with Gasteiger partial charge in [-0.1, -0.05) is 19.8 Å². The average molecular weight is 250 g/mol. The van der Waals surface area contributed by atoms with Crippen LogP contribution in [0.15, 0.2) is 12.4 Å². The molecule has 1 N–H and O–H groups in total. The van der Waals surface area contributed by atoms with E-state index in [4.69, 9.17) is 9.84 Å². The first-order chi connectivity index (χ1) is 8.85. The Morgan fingerprint density at radius 1 is 1.33 bits per heavy atom. The molecule has 0 amide bonds. The van der Waals surface area contributed by atoms with E-state index in [1.807, 2.05) is 0 Å². The lowest BCUT2D eigenvalue weighted by molar-refractivity contribution is 0.271. The Morgan fingerprint density at radius 2 is 2.22 bits per heavy atom. The molecule has 0 saturated heterocycles. The van der Waals surface area contributed by atoms with Crippen molar-refractivity contribution in [1.29, 1.82) is 0 Å². The first-order valence-electron chi connectivity index (χ1n) is 6.27. The number of fused-ring (bicyclic) bond motifs is 1. The maximum absolute atomic E-state index is 8.89. The van der Waals surface area contributed by atoms with E-state index in [1.165, 1.54) is 6.42 Å². The van der Waals surface area contributed by atoms with Crippen LogP contribution in [0, 0.1) is 0 Å². The lowest BCUT2D eigenvalue weighted by atomic mass is 10.3. The third-order valence-electron chi connectivity index (χ3n) is 2.63. The van der Waals surface area contributed by atoms with Gasteiger partial charge >= 0.3 is 0 Å². The van der Waals surface area contributed by atoms with E-state index >= 15 is 0 Å². The van der Waals surface area contributed by atoms with Crippen molar-refractivity contribution in [2.24, 2.45) is 0 Å². The van der Waals surface area contributed by atoms with Gasteiger partial charge in [-0.15, -0.1) is 0 Å². The maximum atomic E-state index is 8.89. The third-order valence-corrected chi connectivity index (χ3v) is 2.63. The van der Waals surface area contributed by atoms with Crippen molar-refractivity contribution in [3.63, 3.8) is 0 Å². The minimum atomic E-state index is 0.0354. The molecule has 0 bridgehead atoms. The Kier molecular flexibility index (Phi) is 4.46. The highest BCUT2D eigenvalue weighted by Crippen LogP contribution is 2.13. The molecule has 98 valence electrons. The van der Waals surface area contributed by atoms with Crippen molar-refractivity contribution in [2.75, 3.05) is 13.2 Å². The quantitative estimate of drug-likeness (QED) is 0.752. The molecule has 0 spiro atoms. The number of aliphatic hydroxyl groups excluding tert-OH is 1. The summed E-state index contributed by atoms with van der Waals surface area (Å²) in [6.45, 7) is 3.28. The van der Waals surface area contributed by atoms with Crippen LogP contribution >= 0.6 is 0 Å². The zero-order valence-corrected chi connectivity index (χ0v) is 10.5. The molecule has 0 aliphatic carbocycles. The lowest BCUT2D eigenvalue weighted by Gasteiger charge is -2.04. The summed E-state index contributed by atoms with van der Waals surface area (Å²) in [4.78, 5) is 8.59. The lowest BCUT2D eigenvalue weighted by Crippen LogP contribution is -2.05. The van der Waals surface area contributed by atoms with E-state index in [0.29, 0.717) is 30.2 Å². The fourth-order valence-corrected chi connectivity index (χ4v) is 1.70. The minimum Gasteiger partial charge on any atom is -0.477 e. The molecule has 0 aliphatic rings. The highest BCUT2D eigenvalue weighted by molar-refractivity contribution is 5.69. The van der Waals surface area contributed by atoms with Gasteiger partial charge in [-0.05, 0) is 6.42 Å². The van der Waals surface area contributed by atoms with Gasteiger partial charge in [0.2, 0.25) is 5.88 Å². The first-order valence-corrected chi connectivity index (χ1v) is 6.27. The Hall–Kier alpha value is -1.69. The van der Waals surface area contributed by atoms with Gasteiger partial charge in [0.1, 0.15) is 5.52 Å². The molecule has 0 aromatic carbocycles. The van der Waals surface area contributed by atoms with Crippen LogP contribution in [0.5, 0.6) is 5.88 Å². The number of unbranched alkanes of at least 4 members (excludes halogenated alkanes) is 2. The molecule has 0 unspecified atom stereocenters. The summed E-state index contributed by atoms with van der Waals surface area (Å²) >= 11 is 0. The highest BCUT2D eigenvalue weighted by Gasteiger charge is 2.06. The topological polar surface area (TPSA) is 73.1 Å². The number of nitrogens with zero attached hydrogens (tertiary/aromatic N) is 4. The Labute approximate surface area is 106 Å². The SMILES string of the molecule is CCCCCOc1cnc2c(cnn2CCO)n1. The fraction of sp³-hybridized carbons (Fsp3) is 0.583. The molecule has 0 saturated carbocycles. The second-order valence-electron chi connectivity index (χ2n) is 4.06. The normalized spacial score (nSPS) is 11.0. The predicted molar refractivity (Wildman–Crippen MR) is 67.4 cm³/mol. The zero-order chi connectivity index (χ0) is 12.8. The molecular formula is C12H18N4O2. The molecular weight excluding hydrogens is 232 g/mol. The molecule has 0 aliphatic heterocycles. The standard InChI is InChI=1S/C12H18N4O2/c1-2-3-4-7-18-11-9-13-12-10(15-11)8-14-16(12)5-6-17/h8-9,17H,2-7H2,1H3. The highest BCUT2D eigenvalue weighted by atomic mass is 16.5. The summed E-state index contributed by atoms with van der Waals surface area (Å²) in [5.41, 5.74) is 1.36. The van der Waals surface area contributed by atoms with Crippen LogP contribution in [0.1, 0.15) is 26.2 Å². The van der Waals surface area contributed by atoms with E-state index in [1.54, 1.807) is 17.1 Å². The predicted octanol–water partition coefficient (Wildman–Crippen LogP) is 1.39. The van der Waals surface area contributed by atoms with E-state index < -0.39 is 0 Å². The van der Waals surface area contributed by atoms with Crippen LogP contribution < -0.4 is 4.74 Å². The van der Waals surface area contributed by atoms with Crippen LogP contribution in [-0.2, 0) is 6.54 Å². The van der Waals surface area contributed by atoms with Crippen molar-refractivity contribution in [3.8, 4) is 5.88 Å². The summed E-state index contributed by atoms with van der Waals surface area (Å²) in [5.74, 6) is 0.530. The summed E-state index contributed by atoms with van der Waals surface area (Å²) < 4.78 is 7.15. The monoisotopic (exact) mass is 250 g/mol. The third kappa shape index (κ3) is 2.95. The molecule has 6 nitrogen and oxygen atoms in total. The number of hydrogen-bond acceptors (Lipinski definition) is 5. The fourth-order valence-electron chi connectivity index (χ4n) is 1.70. The smallest absolute Gasteiger partial charge is 0.233 e. The summed E-state index contributed by atoms with van der Waals surface area (Å²) in [6, 6.07) is 0. The molecule has 0 atom stereocenters. The zero-order valence-electron chi connectivity index (χ0n) is 10.5. The van der Waals surface area contributed by atoms with E-state index in [9.17, 15) is 0 Å². The average Bonchev–Trinajstić information content (AvgIpc) is 2.78. The number of aromatic nitrogens is 4. The first kappa shape index (κ1) is 12.8. The van der Waals surface area contributed by atoms with Gasteiger partial charge in [-0.2, -0.15) is 5.10 Å². The number of hydrogen-bond donors (Lipinski definition) is 1. The van der Waals surface area contributed by atoms with Gasteiger partial charge in [0.15, 0.2) is 5.65 Å². The molecule has 18 heavy (non-hydrogen) atoms. The molecule has 6 heteroatoms. The number of ether oxygens (including phenoxy) is 1. The molecule has 0 fully saturated rings. The van der Waals surface area contributed by atoms with Crippen LogP contribution in [0.25, 0.3) is 11.2 Å². The second kappa shape index (κ2) is 6.30. The van der Waals surface area contributed by atoms with E-state index in [0.717, 1.165) is 12.8 Å². The summed E-state index contributed by atoms with van der Waals surface area (Å²) in [7, 11) is 0. The van der Waals surface area contributed by atoms with Gasteiger partial charge in [-0.25, -0.2) is 14.6 Å². The Bertz CT molecular complexity index is 498. The summed E-state index contributed by atoms with van der Waals surface area (Å²) in [5, 5.41) is 13.0. The van der Waals surface area contributed by atoms with Gasteiger partial charge in [0, 0.05) is 0 Å². The number of rotatable bonds is 7. The van der Waals surface area contributed by atoms with Crippen LogP contribution in [0.2, 0.25) is 0 Å². The minimum absolute atomic E-state index is 0.0354. The van der Waals surface area contributed by atoms with Crippen LogP contribution in [0.4, 0.5) is 0 Å². The molecule has 2 aromatic heterocycles. The Balaban J connectivity index is 2.04. The molecule has 0 radical (unpaired) electrons. The van der Waals surface area contributed by atoms with Crippen molar-refractivity contribution in [1.82, 2.24) is 19.7 Å². The second-order valence-corrected chi connectivity index (χ2v) is 4.06. The maximum Gasteiger partial charge on any atom is 0.233 e. The van der Waals surface area contributed by atoms with Gasteiger partial charge < -0.3 is 9.84 Å².